The van der Waals surface area contributed by atoms with Crippen molar-refractivity contribution < 1.29 is 4.42 Å². The Hall–Kier alpha value is -4.60. The van der Waals surface area contributed by atoms with Crippen molar-refractivity contribution in [3.8, 4) is 0 Å². The van der Waals surface area contributed by atoms with Crippen LogP contribution in [-0.4, -0.2) is 4.57 Å². The fraction of sp³-hybridized carbons (Fsp3) is 0.0556. The first-order valence-corrected chi connectivity index (χ1v) is 14.3. The quantitative estimate of drug-likeness (QED) is 0.223. The van der Waals surface area contributed by atoms with Crippen LogP contribution in [0.15, 0.2) is 126 Å². The Morgan fingerprint density at radius 2 is 1.46 bits per heavy atom. The van der Waals surface area contributed by atoms with Crippen LogP contribution in [0, 0.1) is 0 Å². The van der Waals surface area contributed by atoms with E-state index in [0.717, 1.165) is 17.6 Å². The molecule has 0 N–H and O–H groups in total. The first-order chi connectivity index (χ1) is 19.3. The van der Waals surface area contributed by atoms with Gasteiger partial charge in [0.25, 0.3) is 0 Å². The van der Waals surface area contributed by atoms with Gasteiger partial charge >= 0.3 is 0 Å². The molecule has 1 unspecified atom stereocenters. The van der Waals surface area contributed by atoms with Crippen LogP contribution in [0.1, 0.15) is 17.9 Å². The molecule has 5 aromatic carbocycles. The summed E-state index contributed by atoms with van der Waals surface area (Å²) >= 11 is 1.90. The Morgan fingerprint density at radius 3 is 2.41 bits per heavy atom. The van der Waals surface area contributed by atoms with Crippen molar-refractivity contribution in [1.82, 2.24) is 4.57 Å². The fourth-order valence-corrected chi connectivity index (χ4v) is 7.86. The third-order valence-electron chi connectivity index (χ3n) is 8.32. The maximum absolute atomic E-state index is 6.42. The first kappa shape index (κ1) is 21.3. The fourth-order valence-electron chi connectivity index (χ4n) is 6.60. The Balaban J connectivity index is 1.30. The summed E-state index contributed by atoms with van der Waals surface area (Å²) in [6, 6.07) is 37.2. The lowest BCUT2D eigenvalue weighted by molar-refractivity contribution is 0.657. The van der Waals surface area contributed by atoms with Gasteiger partial charge in [0.15, 0.2) is 0 Å². The minimum atomic E-state index is 0.235. The molecule has 9 rings (SSSR count). The zero-order valence-corrected chi connectivity index (χ0v) is 21.9. The molecule has 0 aliphatic heterocycles. The number of para-hydroxylation sites is 3. The van der Waals surface area contributed by atoms with Gasteiger partial charge in [-0.3, -0.25) is 0 Å². The summed E-state index contributed by atoms with van der Waals surface area (Å²) in [6.45, 7) is 0. The highest BCUT2D eigenvalue weighted by Gasteiger charge is 2.22. The van der Waals surface area contributed by atoms with E-state index in [1.165, 1.54) is 64.0 Å². The summed E-state index contributed by atoms with van der Waals surface area (Å²) in [7, 11) is 0. The Morgan fingerprint density at radius 1 is 0.667 bits per heavy atom. The second kappa shape index (κ2) is 7.95. The number of benzene rings is 5. The van der Waals surface area contributed by atoms with E-state index in [-0.39, 0.29) is 5.92 Å². The highest BCUT2D eigenvalue weighted by molar-refractivity contribution is 7.26. The predicted octanol–water partition coefficient (Wildman–Crippen LogP) is 10.6. The Kier molecular flexibility index (Phi) is 4.35. The Labute approximate surface area is 228 Å². The normalized spacial score (nSPS) is 15.9. The van der Waals surface area contributed by atoms with Crippen LogP contribution < -0.4 is 0 Å². The molecule has 0 saturated heterocycles. The van der Waals surface area contributed by atoms with Crippen molar-refractivity contribution >= 4 is 81.0 Å². The van der Waals surface area contributed by atoms with E-state index in [2.05, 4.69) is 120 Å². The zero-order valence-electron chi connectivity index (χ0n) is 21.1. The topological polar surface area (TPSA) is 18.1 Å². The van der Waals surface area contributed by atoms with Crippen LogP contribution in [0.25, 0.3) is 69.6 Å². The van der Waals surface area contributed by atoms with Crippen molar-refractivity contribution in [3.63, 3.8) is 0 Å². The number of rotatable bonds is 2. The molecule has 0 radical (unpaired) electrons. The van der Waals surface area contributed by atoms with Crippen LogP contribution in [0.2, 0.25) is 0 Å². The number of hydrogen-bond acceptors (Lipinski definition) is 2. The van der Waals surface area contributed by atoms with Crippen LogP contribution >= 0.6 is 11.3 Å². The number of allylic oxidation sites excluding steroid dienone is 4. The molecular weight excluding hydrogens is 494 g/mol. The molecule has 1 aliphatic rings. The van der Waals surface area contributed by atoms with Gasteiger partial charge in [0.1, 0.15) is 11.2 Å². The minimum absolute atomic E-state index is 0.235. The van der Waals surface area contributed by atoms with Gasteiger partial charge in [-0.1, -0.05) is 91.0 Å². The van der Waals surface area contributed by atoms with Crippen molar-refractivity contribution in [2.45, 2.75) is 12.3 Å². The molecular formula is C36H23NOS. The molecule has 1 atom stereocenters. The van der Waals surface area contributed by atoms with E-state index in [9.17, 15) is 0 Å². The summed E-state index contributed by atoms with van der Waals surface area (Å²) < 4.78 is 11.6. The molecule has 1 aliphatic carbocycles. The molecule has 2 nitrogen and oxygen atoms in total. The van der Waals surface area contributed by atoms with Gasteiger partial charge in [0.2, 0.25) is 0 Å². The predicted molar refractivity (Wildman–Crippen MR) is 167 cm³/mol. The minimum Gasteiger partial charge on any atom is -0.456 e. The number of thiophene rings is 1. The highest BCUT2D eigenvalue weighted by atomic mass is 32.1. The molecule has 3 heteroatoms. The number of hydrogen-bond donors (Lipinski definition) is 0. The third-order valence-corrected chi connectivity index (χ3v) is 9.53. The van der Waals surface area contributed by atoms with Gasteiger partial charge in [-0.15, -0.1) is 11.3 Å². The molecule has 0 bridgehead atoms. The summed E-state index contributed by atoms with van der Waals surface area (Å²) in [5.74, 6) is 0.235. The summed E-state index contributed by atoms with van der Waals surface area (Å²) in [5.41, 5.74) is 6.92. The van der Waals surface area contributed by atoms with Crippen molar-refractivity contribution in [1.29, 1.82) is 0 Å². The lowest BCUT2D eigenvalue weighted by atomic mass is 9.90. The number of furan rings is 1. The highest BCUT2D eigenvalue weighted by Crippen LogP contribution is 2.44. The molecule has 0 amide bonds. The van der Waals surface area contributed by atoms with Crippen molar-refractivity contribution in [2.24, 2.45) is 0 Å². The molecule has 184 valence electrons. The number of aromatic nitrogens is 1. The van der Waals surface area contributed by atoms with Crippen LogP contribution in [-0.2, 0) is 0 Å². The summed E-state index contributed by atoms with van der Waals surface area (Å²) in [6.07, 6.45) is 8.00. The van der Waals surface area contributed by atoms with E-state index in [1.54, 1.807) is 0 Å². The van der Waals surface area contributed by atoms with Crippen molar-refractivity contribution in [3.05, 3.63) is 127 Å². The number of fused-ring (bicyclic) bond motifs is 10. The molecule has 3 aromatic heterocycles. The SMILES string of the molecule is C1=CC(n2c3ccccc3c3c4sc5ccccc5c4ccc32)=CC(c2cccc3c2oc2ccccc23)C1. The maximum atomic E-state index is 6.42. The molecule has 0 fully saturated rings. The molecule has 0 saturated carbocycles. The summed E-state index contributed by atoms with van der Waals surface area (Å²) in [4.78, 5) is 0. The van der Waals surface area contributed by atoms with E-state index >= 15 is 0 Å². The van der Waals surface area contributed by atoms with Gasteiger partial charge in [0, 0.05) is 58.9 Å². The average molecular weight is 518 g/mol. The monoisotopic (exact) mass is 517 g/mol. The molecule has 0 spiro atoms. The van der Waals surface area contributed by atoms with Gasteiger partial charge in [-0.2, -0.15) is 0 Å². The van der Waals surface area contributed by atoms with Gasteiger partial charge < -0.3 is 8.98 Å². The molecule has 3 heterocycles. The second-order valence-corrected chi connectivity index (χ2v) is 11.5. The van der Waals surface area contributed by atoms with Crippen LogP contribution in [0.4, 0.5) is 0 Å². The molecule has 8 aromatic rings. The molecule has 39 heavy (non-hydrogen) atoms. The lowest BCUT2D eigenvalue weighted by Gasteiger charge is -2.19. The maximum Gasteiger partial charge on any atom is 0.139 e. The van der Waals surface area contributed by atoms with E-state index in [1.807, 2.05) is 17.4 Å². The lowest BCUT2D eigenvalue weighted by Crippen LogP contribution is -2.04. The van der Waals surface area contributed by atoms with Crippen LogP contribution in [0.5, 0.6) is 0 Å². The van der Waals surface area contributed by atoms with E-state index in [0.29, 0.717) is 0 Å². The smallest absolute Gasteiger partial charge is 0.139 e. The first-order valence-electron chi connectivity index (χ1n) is 13.5. The van der Waals surface area contributed by atoms with Crippen molar-refractivity contribution in [2.75, 3.05) is 0 Å². The van der Waals surface area contributed by atoms with E-state index in [4.69, 9.17) is 4.42 Å². The number of nitrogens with zero attached hydrogens (tertiary/aromatic N) is 1. The Bertz CT molecular complexity index is 2320. The second-order valence-electron chi connectivity index (χ2n) is 10.4. The van der Waals surface area contributed by atoms with E-state index < -0.39 is 0 Å². The summed E-state index contributed by atoms with van der Waals surface area (Å²) in [5, 5.41) is 7.71. The largest absolute Gasteiger partial charge is 0.456 e. The van der Waals surface area contributed by atoms with Gasteiger partial charge in [0.05, 0.1) is 11.0 Å². The van der Waals surface area contributed by atoms with Gasteiger partial charge in [-0.25, -0.2) is 0 Å². The zero-order chi connectivity index (χ0) is 25.5. The van der Waals surface area contributed by atoms with Crippen LogP contribution in [0.3, 0.4) is 0 Å². The standard InChI is InChI=1S/C36H23NOS/c1-4-16-30-29(13-1)34-31(20-19-28-26-12-3-6-18-33(26)39-36(28)34)37(30)23-10-7-9-22(21-23)24-14-8-15-27-25-11-2-5-17-32(25)38-35(24)27/h1-8,10-22H,9H2. The average Bonchev–Trinajstić information content (AvgIpc) is 3.66. The third kappa shape index (κ3) is 2.96. The van der Waals surface area contributed by atoms with Gasteiger partial charge in [-0.05, 0) is 36.8 Å².